The summed E-state index contributed by atoms with van der Waals surface area (Å²) in [4.78, 5) is 7.71. The Morgan fingerprint density at radius 2 is 1.88 bits per heavy atom. The molecular weight excluding hydrogens is 314 g/mol. The Morgan fingerprint density at radius 1 is 1.21 bits per heavy atom. The monoisotopic (exact) mass is 341 g/mol. The second-order valence-corrected chi connectivity index (χ2v) is 8.14. The first-order valence-electron chi connectivity index (χ1n) is 8.22. The number of likely N-dealkylation sites (N-methyl/N-ethyl adjacent to an activating group) is 1. The maximum atomic E-state index is 8.42. The van der Waals surface area contributed by atoms with Crippen molar-refractivity contribution < 1.29 is 0 Å². The number of nitrogens with zero attached hydrogens (tertiary/aromatic N) is 2. The zero-order valence-corrected chi connectivity index (χ0v) is 16.1. The van der Waals surface area contributed by atoms with Gasteiger partial charge in [0.25, 0.3) is 0 Å². The molecule has 1 aliphatic heterocycles. The van der Waals surface area contributed by atoms with Gasteiger partial charge in [0.05, 0.1) is 5.88 Å². The molecule has 0 saturated carbocycles. The second-order valence-electron chi connectivity index (χ2n) is 7.13. The number of aliphatic imine (C=N–C) groups is 1. The highest BCUT2D eigenvalue weighted by Crippen LogP contribution is 2.26. The molecule has 1 aliphatic rings. The molecule has 2 rings (SSSR count). The molecule has 0 amide bonds. The Balaban J connectivity index is 1.96. The lowest BCUT2D eigenvalue weighted by Crippen LogP contribution is -2.26. The van der Waals surface area contributed by atoms with Crippen molar-refractivity contribution in [3.63, 3.8) is 0 Å². The van der Waals surface area contributed by atoms with Crippen molar-refractivity contribution in [3.8, 4) is 0 Å². The Morgan fingerprint density at radius 3 is 2.50 bits per heavy atom. The van der Waals surface area contributed by atoms with Crippen molar-refractivity contribution in [2.45, 2.75) is 39.0 Å². The number of hydrogen-bond acceptors (Lipinski definition) is 3. The summed E-state index contributed by atoms with van der Waals surface area (Å²) in [5, 5.41) is 8.42. The quantitative estimate of drug-likeness (QED) is 0.350. The van der Waals surface area contributed by atoms with Crippen LogP contribution in [-0.2, 0) is 0 Å². The summed E-state index contributed by atoms with van der Waals surface area (Å²) in [5.74, 6) is 1.20. The predicted octanol–water partition coefficient (Wildman–Crippen LogP) is 5.28. The van der Waals surface area contributed by atoms with Crippen molar-refractivity contribution in [1.29, 1.82) is 5.41 Å². The third-order valence-corrected chi connectivity index (χ3v) is 5.05. The largest absolute Gasteiger partial charge is 0.349 e. The molecule has 0 unspecified atom stereocenters. The number of aryl methyl sites for hydroxylation is 1. The molecule has 0 spiro atoms. The molecule has 0 aromatic heterocycles. The van der Waals surface area contributed by atoms with E-state index in [4.69, 9.17) is 5.41 Å². The van der Waals surface area contributed by atoms with E-state index in [1.807, 2.05) is 24.2 Å². The molecule has 1 aromatic carbocycles. The molecule has 0 bridgehead atoms. The number of nitrogens with one attached hydrogen (secondary N) is 1. The van der Waals surface area contributed by atoms with E-state index >= 15 is 0 Å². The molecule has 1 heterocycles. The molecule has 128 valence electrons. The first kappa shape index (κ1) is 18.5. The van der Waals surface area contributed by atoms with Crippen molar-refractivity contribution in [3.05, 3.63) is 53.3 Å². The van der Waals surface area contributed by atoms with E-state index in [0.29, 0.717) is 5.84 Å². The minimum absolute atomic E-state index is 0.0855. The summed E-state index contributed by atoms with van der Waals surface area (Å²) in [5.41, 5.74) is 3.32. The average Bonchev–Trinajstić information content (AvgIpc) is 2.79. The Kier molecular flexibility index (Phi) is 6.05. The van der Waals surface area contributed by atoms with E-state index in [1.165, 1.54) is 16.0 Å². The molecule has 1 aromatic rings. The predicted molar refractivity (Wildman–Crippen MR) is 106 cm³/mol. The maximum absolute atomic E-state index is 8.42. The fraction of sp³-hybridized carbons (Fsp3) is 0.400. The number of hydrogen-bond donors (Lipinski definition) is 1. The Bertz CT molecular complexity index is 676. The van der Waals surface area contributed by atoms with E-state index in [-0.39, 0.29) is 5.41 Å². The fourth-order valence-electron chi connectivity index (χ4n) is 2.27. The average molecular weight is 342 g/mol. The number of thioether (sulfide) groups is 1. The minimum atomic E-state index is 0.0855. The third-order valence-electron chi connectivity index (χ3n) is 3.93. The van der Waals surface area contributed by atoms with Gasteiger partial charge in [-0.05, 0) is 36.5 Å². The minimum Gasteiger partial charge on any atom is -0.349 e. The van der Waals surface area contributed by atoms with Crippen LogP contribution in [0, 0.1) is 17.7 Å². The van der Waals surface area contributed by atoms with Gasteiger partial charge in [-0.25, -0.2) is 0 Å². The van der Waals surface area contributed by atoms with Gasteiger partial charge in [-0.15, -0.1) is 11.8 Å². The van der Waals surface area contributed by atoms with Crippen LogP contribution in [0.1, 0.15) is 32.8 Å². The molecule has 3 nitrogen and oxygen atoms in total. The lowest BCUT2D eigenvalue weighted by molar-refractivity contribution is 0.525. The highest BCUT2D eigenvalue weighted by molar-refractivity contribution is 7.99. The van der Waals surface area contributed by atoms with Gasteiger partial charge in [-0.2, -0.15) is 0 Å². The number of rotatable bonds is 4. The van der Waals surface area contributed by atoms with Crippen LogP contribution in [0.4, 0.5) is 0 Å². The van der Waals surface area contributed by atoms with Crippen LogP contribution in [0.3, 0.4) is 0 Å². The zero-order chi connectivity index (χ0) is 17.7. The van der Waals surface area contributed by atoms with Crippen LogP contribution in [0.15, 0.2) is 57.6 Å². The van der Waals surface area contributed by atoms with Crippen molar-refractivity contribution >= 4 is 23.8 Å². The van der Waals surface area contributed by atoms with Gasteiger partial charge in [0, 0.05) is 18.2 Å². The molecule has 0 aliphatic carbocycles. The van der Waals surface area contributed by atoms with E-state index in [1.54, 1.807) is 11.8 Å². The number of amidine groups is 1. The van der Waals surface area contributed by atoms with Gasteiger partial charge in [0.1, 0.15) is 11.5 Å². The van der Waals surface area contributed by atoms with E-state index in [2.05, 4.69) is 63.0 Å². The standard InChI is InChI=1S/C20H27N3S/c1-15-9-11-17(12-10-15)24-14-23(5)19(21)18-8-6-7-16(13-22-18)20(2,3)4/h7-13,21H,6,14H2,1-5H3. The summed E-state index contributed by atoms with van der Waals surface area (Å²) < 4.78 is 0. The van der Waals surface area contributed by atoms with Crippen LogP contribution < -0.4 is 0 Å². The molecule has 0 atom stereocenters. The Hall–Kier alpha value is -1.81. The molecule has 24 heavy (non-hydrogen) atoms. The highest BCUT2D eigenvalue weighted by Gasteiger charge is 2.17. The van der Waals surface area contributed by atoms with Gasteiger partial charge in [-0.3, -0.25) is 10.4 Å². The van der Waals surface area contributed by atoms with Crippen molar-refractivity contribution in [1.82, 2.24) is 4.90 Å². The maximum Gasteiger partial charge on any atom is 0.147 e. The van der Waals surface area contributed by atoms with E-state index in [9.17, 15) is 0 Å². The van der Waals surface area contributed by atoms with Crippen LogP contribution >= 0.6 is 11.8 Å². The molecule has 0 saturated heterocycles. The highest BCUT2D eigenvalue weighted by atomic mass is 32.2. The molecular formula is C20H27N3S. The van der Waals surface area contributed by atoms with Crippen LogP contribution in [-0.4, -0.2) is 29.9 Å². The second kappa shape index (κ2) is 7.84. The van der Waals surface area contributed by atoms with Gasteiger partial charge in [-0.1, -0.05) is 50.6 Å². The smallest absolute Gasteiger partial charge is 0.147 e. The summed E-state index contributed by atoms with van der Waals surface area (Å²) in [6.07, 6.45) is 6.97. The van der Waals surface area contributed by atoms with Crippen LogP contribution in [0.25, 0.3) is 0 Å². The zero-order valence-electron chi connectivity index (χ0n) is 15.3. The SMILES string of the molecule is Cc1ccc(SCN(C)C(=N)C2=CCC=C(C(C)(C)C)C=N2)cc1. The molecule has 1 N–H and O–H groups in total. The van der Waals surface area contributed by atoms with E-state index < -0.39 is 0 Å². The van der Waals surface area contributed by atoms with Crippen LogP contribution in [0.2, 0.25) is 0 Å². The van der Waals surface area contributed by atoms with Crippen molar-refractivity contribution in [2.75, 3.05) is 12.9 Å². The van der Waals surface area contributed by atoms with Gasteiger partial charge < -0.3 is 4.90 Å². The lowest BCUT2D eigenvalue weighted by Gasteiger charge is -2.20. The third kappa shape index (κ3) is 5.10. The summed E-state index contributed by atoms with van der Waals surface area (Å²) in [6, 6.07) is 8.48. The molecule has 0 radical (unpaired) electrons. The Labute approximate surface area is 150 Å². The fourth-order valence-corrected chi connectivity index (χ4v) is 3.07. The number of benzene rings is 1. The van der Waals surface area contributed by atoms with Gasteiger partial charge in [0.2, 0.25) is 0 Å². The first-order valence-corrected chi connectivity index (χ1v) is 9.20. The van der Waals surface area contributed by atoms with Gasteiger partial charge in [0.15, 0.2) is 0 Å². The first-order chi connectivity index (χ1) is 11.3. The lowest BCUT2D eigenvalue weighted by atomic mass is 9.86. The van der Waals surface area contributed by atoms with Crippen LogP contribution in [0.5, 0.6) is 0 Å². The van der Waals surface area contributed by atoms with Gasteiger partial charge >= 0.3 is 0 Å². The number of allylic oxidation sites excluding steroid dienone is 3. The molecule has 0 fully saturated rings. The summed E-state index contributed by atoms with van der Waals surface area (Å²) >= 11 is 1.73. The molecule has 4 heteroatoms. The normalized spacial score (nSPS) is 14.7. The summed E-state index contributed by atoms with van der Waals surface area (Å²) in [7, 11) is 1.95. The topological polar surface area (TPSA) is 39.5 Å². The van der Waals surface area contributed by atoms with Crippen molar-refractivity contribution in [2.24, 2.45) is 10.4 Å². The van der Waals surface area contributed by atoms with E-state index in [0.717, 1.165) is 18.0 Å². The summed E-state index contributed by atoms with van der Waals surface area (Å²) in [6.45, 7) is 8.65.